The maximum atomic E-state index is 6.80. The smallest absolute Gasteiger partial charge is 0.184 e. The van der Waals surface area contributed by atoms with Gasteiger partial charge >= 0.3 is 0 Å². The van der Waals surface area contributed by atoms with E-state index < -0.39 is 0 Å². The molecule has 6 rings (SSSR count). The lowest BCUT2D eigenvalue weighted by Gasteiger charge is -2.42. The molecule has 0 unspecified atom stereocenters. The zero-order valence-electron chi connectivity index (χ0n) is 20.4. The molecule has 3 saturated heterocycles. The van der Waals surface area contributed by atoms with Crippen LogP contribution in [0.1, 0.15) is 63.2 Å². The van der Waals surface area contributed by atoms with Crippen molar-refractivity contribution < 1.29 is 28.4 Å². The molecular formula is C29H38O6. The van der Waals surface area contributed by atoms with E-state index in [1.54, 1.807) is 0 Å². The Morgan fingerprint density at radius 3 is 2.14 bits per heavy atom. The third-order valence-corrected chi connectivity index (χ3v) is 7.96. The predicted octanol–water partition coefficient (Wildman–Crippen LogP) is 5.03. The fraction of sp³-hybridized carbons (Fsp3) is 0.655. The maximum absolute atomic E-state index is 6.80. The second-order valence-corrected chi connectivity index (χ2v) is 10.4. The number of rotatable bonds is 1. The molecule has 0 radical (unpaired) electrons. The highest BCUT2D eigenvalue weighted by Crippen LogP contribution is 2.35. The van der Waals surface area contributed by atoms with Gasteiger partial charge in [0.05, 0.1) is 43.2 Å². The van der Waals surface area contributed by atoms with Crippen molar-refractivity contribution in [2.75, 3.05) is 13.2 Å². The molecule has 3 fully saturated rings. The molecule has 1 aromatic rings. The van der Waals surface area contributed by atoms with Crippen molar-refractivity contribution in [1.29, 1.82) is 0 Å². The SMILES string of the molecule is C1=C\[C@H]2O[C@H]3CCCO[C@@H]3CCC[C@@H]2O[C@@H]2C/C=C\C[C@@H]3O[C@H](c4ccccc4)OC[C@H]3O[C@H]2C/1. The highest BCUT2D eigenvalue weighted by molar-refractivity contribution is 5.16. The van der Waals surface area contributed by atoms with Crippen LogP contribution in [0.3, 0.4) is 0 Å². The average Bonchev–Trinajstić information content (AvgIpc) is 2.95. The minimum atomic E-state index is -0.347. The summed E-state index contributed by atoms with van der Waals surface area (Å²) in [7, 11) is 0. The Balaban J connectivity index is 1.16. The minimum Gasteiger partial charge on any atom is -0.376 e. The number of fused-ring (bicyclic) bond motifs is 4. The van der Waals surface area contributed by atoms with Gasteiger partial charge in [0.1, 0.15) is 12.2 Å². The van der Waals surface area contributed by atoms with Crippen LogP contribution in [0.4, 0.5) is 0 Å². The Morgan fingerprint density at radius 2 is 1.29 bits per heavy atom. The summed E-state index contributed by atoms with van der Waals surface area (Å²) < 4.78 is 38.6. The topological polar surface area (TPSA) is 55.4 Å². The van der Waals surface area contributed by atoms with Crippen molar-refractivity contribution in [3.8, 4) is 0 Å². The number of hydrogen-bond acceptors (Lipinski definition) is 6. The van der Waals surface area contributed by atoms with Crippen molar-refractivity contribution >= 4 is 0 Å². The lowest BCUT2D eigenvalue weighted by molar-refractivity contribution is -0.279. The van der Waals surface area contributed by atoms with Crippen LogP contribution in [-0.2, 0) is 28.4 Å². The molecule has 6 nitrogen and oxygen atoms in total. The third-order valence-electron chi connectivity index (χ3n) is 7.96. The molecular weight excluding hydrogens is 444 g/mol. The van der Waals surface area contributed by atoms with Gasteiger partial charge in [0, 0.05) is 12.2 Å². The first-order chi connectivity index (χ1) is 17.3. The Bertz CT molecular complexity index is 871. The fourth-order valence-corrected chi connectivity index (χ4v) is 6.07. The molecule has 0 aliphatic carbocycles. The fourth-order valence-electron chi connectivity index (χ4n) is 6.07. The van der Waals surface area contributed by atoms with Crippen molar-refractivity contribution in [2.45, 2.75) is 106 Å². The van der Waals surface area contributed by atoms with Gasteiger partial charge in [-0.3, -0.25) is 0 Å². The van der Waals surface area contributed by atoms with Crippen molar-refractivity contribution in [1.82, 2.24) is 0 Å². The van der Waals surface area contributed by atoms with Gasteiger partial charge in [0.25, 0.3) is 0 Å². The molecule has 0 spiro atoms. The highest BCUT2D eigenvalue weighted by atomic mass is 16.7. The van der Waals surface area contributed by atoms with Gasteiger partial charge in [0.2, 0.25) is 0 Å². The zero-order chi connectivity index (χ0) is 23.5. The summed E-state index contributed by atoms with van der Waals surface area (Å²) in [4.78, 5) is 0. The average molecular weight is 483 g/mol. The van der Waals surface area contributed by atoms with Gasteiger partial charge in [-0.1, -0.05) is 54.6 Å². The van der Waals surface area contributed by atoms with E-state index in [4.69, 9.17) is 28.4 Å². The summed E-state index contributed by atoms with van der Waals surface area (Å²) in [6.07, 6.45) is 16.5. The van der Waals surface area contributed by atoms with Crippen molar-refractivity contribution in [3.05, 3.63) is 60.2 Å². The van der Waals surface area contributed by atoms with Crippen LogP contribution in [0.15, 0.2) is 54.6 Å². The Labute approximate surface area is 208 Å². The van der Waals surface area contributed by atoms with E-state index >= 15 is 0 Å². The Kier molecular flexibility index (Phi) is 7.65. The molecule has 5 heterocycles. The van der Waals surface area contributed by atoms with E-state index in [1.807, 2.05) is 18.2 Å². The second-order valence-electron chi connectivity index (χ2n) is 10.4. The summed E-state index contributed by atoms with van der Waals surface area (Å²) >= 11 is 0. The number of hydrogen-bond donors (Lipinski definition) is 0. The lowest BCUT2D eigenvalue weighted by atomic mass is 9.93. The second kappa shape index (κ2) is 11.2. The summed E-state index contributed by atoms with van der Waals surface area (Å²) in [6.45, 7) is 1.38. The van der Waals surface area contributed by atoms with E-state index in [-0.39, 0.29) is 55.1 Å². The normalized spacial score (nSPS) is 44.1. The van der Waals surface area contributed by atoms with E-state index in [2.05, 4.69) is 36.4 Å². The zero-order valence-corrected chi connectivity index (χ0v) is 20.4. The minimum absolute atomic E-state index is 0.0178. The van der Waals surface area contributed by atoms with Crippen LogP contribution in [0.25, 0.3) is 0 Å². The quantitative estimate of drug-likeness (QED) is 0.523. The maximum Gasteiger partial charge on any atom is 0.184 e. The van der Waals surface area contributed by atoms with Crippen molar-refractivity contribution in [2.24, 2.45) is 0 Å². The molecule has 0 aromatic heterocycles. The van der Waals surface area contributed by atoms with Gasteiger partial charge in [-0.15, -0.1) is 0 Å². The molecule has 5 aliphatic heterocycles. The van der Waals surface area contributed by atoms with E-state index in [0.29, 0.717) is 6.61 Å². The molecule has 0 N–H and O–H groups in total. The molecule has 5 aliphatic rings. The molecule has 1 aromatic carbocycles. The Hall–Kier alpha value is -1.54. The summed E-state index contributed by atoms with van der Waals surface area (Å²) in [5, 5.41) is 0. The molecule has 0 amide bonds. The standard InChI is InChI=1S/C29H38O6/c1-2-9-20(10-3-1)29-31-19-28-27(35-29)12-5-4-11-23-26(34-28)16-7-15-24-25(33-23)14-6-13-21-22(32-24)17-8-18-30-21/h1-5,7,9-10,15,21-29H,6,8,11-14,16-19H2/b5-4-,15-7-/t21-,22+,23-,24-,25+,26+,27+,28-,29-/m1/s1. The monoisotopic (exact) mass is 482 g/mol. The first-order valence-electron chi connectivity index (χ1n) is 13.5. The molecule has 9 atom stereocenters. The lowest BCUT2D eigenvalue weighted by Crippen LogP contribution is -2.49. The summed E-state index contributed by atoms with van der Waals surface area (Å²) in [5.74, 6) is 0. The molecule has 0 bridgehead atoms. The van der Waals surface area contributed by atoms with Gasteiger partial charge in [-0.25, -0.2) is 0 Å². The largest absolute Gasteiger partial charge is 0.376 e. The van der Waals surface area contributed by atoms with E-state index in [1.165, 1.54) is 0 Å². The van der Waals surface area contributed by atoms with Crippen LogP contribution >= 0.6 is 0 Å². The third kappa shape index (κ3) is 5.58. The van der Waals surface area contributed by atoms with E-state index in [9.17, 15) is 0 Å². The van der Waals surface area contributed by atoms with Gasteiger partial charge in [0.15, 0.2) is 6.29 Å². The van der Waals surface area contributed by atoms with Crippen molar-refractivity contribution in [3.63, 3.8) is 0 Å². The predicted molar refractivity (Wildman–Crippen MR) is 131 cm³/mol. The van der Waals surface area contributed by atoms with Gasteiger partial charge < -0.3 is 28.4 Å². The first kappa shape index (κ1) is 23.8. The van der Waals surface area contributed by atoms with Crippen LogP contribution in [-0.4, -0.2) is 62.0 Å². The number of benzene rings is 1. The Morgan fingerprint density at radius 1 is 0.571 bits per heavy atom. The van der Waals surface area contributed by atoms with Gasteiger partial charge in [-0.2, -0.15) is 0 Å². The van der Waals surface area contributed by atoms with Gasteiger partial charge in [-0.05, 0) is 51.4 Å². The first-order valence-corrected chi connectivity index (χ1v) is 13.5. The molecule has 35 heavy (non-hydrogen) atoms. The van der Waals surface area contributed by atoms with Crippen LogP contribution in [0.2, 0.25) is 0 Å². The van der Waals surface area contributed by atoms with Crippen LogP contribution in [0, 0.1) is 0 Å². The summed E-state index contributed by atoms with van der Waals surface area (Å²) in [5.41, 5.74) is 1.05. The molecule has 0 saturated carbocycles. The van der Waals surface area contributed by atoms with Crippen LogP contribution in [0.5, 0.6) is 0 Å². The highest BCUT2D eigenvalue weighted by Gasteiger charge is 2.40. The number of ether oxygens (including phenoxy) is 6. The molecule has 190 valence electrons. The van der Waals surface area contributed by atoms with E-state index in [0.717, 1.165) is 63.5 Å². The summed E-state index contributed by atoms with van der Waals surface area (Å²) in [6, 6.07) is 10.1. The van der Waals surface area contributed by atoms with Crippen LogP contribution < -0.4 is 0 Å². The molecule has 6 heteroatoms.